The van der Waals surface area contributed by atoms with Gasteiger partial charge in [0.15, 0.2) is 0 Å². The van der Waals surface area contributed by atoms with Crippen LogP contribution >= 0.6 is 22.6 Å². The first-order chi connectivity index (χ1) is 7.86. The highest BCUT2D eigenvalue weighted by Crippen LogP contribution is 2.05. The number of alkyl halides is 1. The van der Waals surface area contributed by atoms with Crippen molar-refractivity contribution in [1.29, 1.82) is 0 Å². The van der Waals surface area contributed by atoms with Gasteiger partial charge >= 0.3 is 0 Å². The topological polar surface area (TPSA) is 42.7 Å². The van der Waals surface area contributed by atoms with Crippen molar-refractivity contribution in [2.75, 3.05) is 18.0 Å². The van der Waals surface area contributed by atoms with Crippen LogP contribution in [0.25, 0.3) is 0 Å². The molecule has 0 amide bonds. The molecule has 1 aromatic heterocycles. The van der Waals surface area contributed by atoms with Crippen LogP contribution in [0.1, 0.15) is 31.4 Å². The van der Waals surface area contributed by atoms with Crippen molar-refractivity contribution in [2.24, 2.45) is 0 Å². The fourth-order valence-corrected chi connectivity index (χ4v) is 2.10. The van der Waals surface area contributed by atoms with Crippen LogP contribution in [0, 0.1) is 0 Å². The lowest BCUT2D eigenvalue weighted by molar-refractivity contribution is 0.545. The molecule has 0 bridgehead atoms. The van der Waals surface area contributed by atoms with Gasteiger partial charge in [-0.1, -0.05) is 34.2 Å². The molecular formula is C11H21IN4. The molecule has 1 aromatic rings. The molecule has 1 N–H and O–H groups in total. The minimum absolute atomic E-state index is 0.960. The molecule has 5 heteroatoms. The summed E-state index contributed by atoms with van der Waals surface area (Å²) in [5.41, 5.74) is 1.14. The number of aromatic nitrogens is 3. The molecule has 0 unspecified atom stereocenters. The fourth-order valence-electron chi connectivity index (χ4n) is 1.56. The Kier molecular flexibility index (Phi) is 7.75. The number of unbranched alkanes of at least 4 members (excludes halogenated alkanes) is 2. The molecule has 0 aliphatic rings. The summed E-state index contributed by atoms with van der Waals surface area (Å²) >= 11 is 2.43. The van der Waals surface area contributed by atoms with Gasteiger partial charge in [-0.15, -0.1) is 5.10 Å². The Morgan fingerprint density at radius 3 is 2.94 bits per heavy atom. The van der Waals surface area contributed by atoms with Gasteiger partial charge in [0.2, 0.25) is 0 Å². The van der Waals surface area contributed by atoms with E-state index >= 15 is 0 Å². The van der Waals surface area contributed by atoms with E-state index in [1.165, 1.54) is 23.7 Å². The molecule has 0 atom stereocenters. The summed E-state index contributed by atoms with van der Waals surface area (Å²) in [5.74, 6) is 0. The van der Waals surface area contributed by atoms with E-state index in [0.29, 0.717) is 0 Å². The van der Waals surface area contributed by atoms with Gasteiger partial charge in [0.1, 0.15) is 0 Å². The molecular weight excluding hydrogens is 315 g/mol. The van der Waals surface area contributed by atoms with Gasteiger partial charge in [0.05, 0.1) is 5.69 Å². The Balaban J connectivity index is 2.17. The maximum Gasteiger partial charge on any atom is 0.0827 e. The van der Waals surface area contributed by atoms with Crippen LogP contribution in [0.4, 0.5) is 0 Å². The summed E-state index contributed by atoms with van der Waals surface area (Å²) in [6, 6.07) is 0. The Hall–Kier alpha value is -0.170. The number of aryl methyl sites for hydroxylation is 2. The summed E-state index contributed by atoms with van der Waals surface area (Å²) < 4.78 is 3.21. The van der Waals surface area contributed by atoms with Crippen LogP contribution in [0.2, 0.25) is 0 Å². The van der Waals surface area contributed by atoms with Crippen LogP contribution in [0.15, 0.2) is 6.20 Å². The second kappa shape index (κ2) is 8.92. The van der Waals surface area contributed by atoms with Crippen molar-refractivity contribution < 1.29 is 0 Å². The summed E-state index contributed by atoms with van der Waals surface area (Å²) in [5, 5.41) is 11.4. The first-order valence-electron chi connectivity index (χ1n) is 5.96. The van der Waals surface area contributed by atoms with Crippen molar-refractivity contribution in [3.05, 3.63) is 11.9 Å². The van der Waals surface area contributed by atoms with Crippen molar-refractivity contribution >= 4 is 22.6 Å². The zero-order valence-electron chi connectivity index (χ0n) is 9.95. The van der Waals surface area contributed by atoms with E-state index in [9.17, 15) is 0 Å². The first kappa shape index (κ1) is 13.9. The molecule has 16 heavy (non-hydrogen) atoms. The second-order valence-electron chi connectivity index (χ2n) is 3.93. The first-order valence-corrected chi connectivity index (χ1v) is 7.49. The third-order valence-electron chi connectivity index (χ3n) is 2.47. The normalized spacial score (nSPS) is 10.9. The highest BCUT2D eigenvalue weighted by molar-refractivity contribution is 14.1. The van der Waals surface area contributed by atoms with Gasteiger partial charge in [-0.05, 0) is 43.7 Å². The fraction of sp³-hybridized carbons (Fsp3) is 0.818. The smallest absolute Gasteiger partial charge is 0.0827 e. The zero-order chi connectivity index (χ0) is 11.6. The lowest BCUT2D eigenvalue weighted by Crippen LogP contribution is -2.11. The highest BCUT2D eigenvalue weighted by atomic mass is 127. The van der Waals surface area contributed by atoms with E-state index in [4.69, 9.17) is 0 Å². The summed E-state index contributed by atoms with van der Waals surface area (Å²) in [4.78, 5) is 0. The Labute approximate surface area is 111 Å². The molecule has 1 heterocycles. The number of nitrogens with zero attached hydrogens (tertiary/aromatic N) is 3. The molecule has 0 aromatic carbocycles. The number of rotatable bonds is 9. The maximum atomic E-state index is 4.18. The minimum atomic E-state index is 0.960. The van der Waals surface area contributed by atoms with Crippen LogP contribution in [-0.4, -0.2) is 33.0 Å². The number of hydrogen-bond acceptors (Lipinski definition) is 3. The van der Waals surface area contributed by atoms with Gasteiger partial charge in [-0.2, -0.15) is 0 Å². The van der Waals surface area contributed by atoms with Gasteiger partial charge in [0, 0.05) is 12.7 Å². The largest absolute Gasteiger partial charge is 0.320 e. The van der Waals surface area contributed by atoms with E-state index in [0.717, 1.165) is 31.6 Å². The van der Waals surface area contributed by atoms with Crippen molar-refractivity contribution in [3.8, 4) is 0 Å². The van der Waals surface area contributed by atoms with E-state index < -0.39 is 0 Å². The summed E-state index contributed by atoms with van der Waals surface area (Å²) in [6.45, 7) is 1.99. The maximum absolute atomic E-state index is 4.18. The quantitative estimate of drug-likeness (QED) is 0.426. The minimum Gasteiger partial charge on any atom is -0.320 e. The van der Waals surface area contributed by atoms with E-state index in [1.807, 2.05) is 11.7 Å². The van der Waals surface area contributed by atoms with Crippen molar-refractivity contribution in [2.45, 2.75) is 38.6 Å². The third-order valence-corrected chi connectivity index (χ3v) is 3.23. The van der Waals surface area contributed by atoms with Crippen molar-refractivity contribution in [3.63, 3.8) is 0 Å². The van der Waals surface area contributed by atoms with Crippen molar-refractivity contribution in [1.82, 2.24) is 20.3 Å². The second-order valence-corrected chi connectivity index (χ2v) is 5.01. The summed E-state index contributed by atoms with van der Waals surface area (Å²) in [7, 11) is 1.97. The molecule has 0 aliphatic heterocycles. The highest BCUT2D eigenvalue weighted by Gasteiger charge is 2.00. The van der Waals surface area contributed by atoms with Gasteiger partial charge in [-0.3, -0.25) is 4.68 Å². The third kappa shape index (κ3) is 5.79. The Morgan fingerprint density at radius 2 is 2.19 bits per heavy atom. The van der Waals surface area contributed by atoms with E-state index in [-0.39, 0.29) is 0 Å². The van der Waals surface area contributed by atoms with Crippen LogP contribution in [-0.2, 0) is 13.0 Å². The number of hydrogen-bond donors (Lipinski definition) is 1. The molecule has 0 aliphatic carbocycles. The summed E-state index contributed by atoms with van der Waals surface area (Å²) in [6.07, 6.45) is 8.11. The van der Waals surface area contributed by atoms with Crippen LogP contribution < -0.4 is 5.32 Å². The van der Waals surface area contributed by atoms with E-state index in [1.54, 1.807) is 0 Å². The number of halogens is 1. The molecule has 0 fully saturated rings. The predicted octanol–water partition coefficient (Wildman–Crippen LogP) is 2.04. The lowest BCUT2D eigenvalue weighted by Gasteiger charge is -1.98. The molecule has 92 valence electrons. The average molecular weight is 336 g/mol. The zero-order valence-corrected chi connectivity index (χ0v) is 12.1. The molecule has 0 saturated carbocycles. The molecule has 0 radical (unpaired) electrons. The van der Waals surface area contributed by atoms with Gasteiger partial charge in [0.25, 0.3) is 0 Å². The predicted molar refractivity (Wildman–Crippen MR) is 75.0 cm³/mol. The molecule has 0 spiro atoms. The molecule has 0 saturated heterocycles. The Bertz CT molecular complexity index is 275. The standard InChI is InChI=1S/C11H21IN4/c1-13-8-5-9-16-10-11(14-15-16)6-3-2-4-7-12/h10,13H,2-9H2,1H3. The molecule has 1 rings (SSSR count). The van der Waals surface area contributed by atoms with E-state index in [2.05, 4.69) is 44.4 Å². The molecule has 4 nitrogen and oxygen atoms in total. The Morgan fingerprint density at radius 1 is 1.31 bits per heavy atom. The number of nitrogens with one attached hydrogen (secondary N) is 1. The lowest BCUT2D eigenvalue weighted by atomic mass is 10.2. The van der Waals surface area contributed by atoms with Gasteiger partial charge in [-0.25, -0.2) is 0 Å². The van der Waals surface area contributed by atoms with Gasteiger partial charge < -0.3 is 5.32 Å². The monoisotopic (exact) mass is 336 g/mol. The van der Waals surface area contributed by atoms with Crippen LogP contribution in [0.3, 0.4) is 0 Å². The average Bonchev–Trinajstić information content (AvgIpc) is 2.73. The van der Waals surface area contributed by atoms with Crippen LogP contribution in [0.5, 0.6) is 0 Å². The SMILES string of the molecule is CNCCCn1cc(CCCCCI)nn1.